The van der Waals surface area contributed by atoms with Gasteiger partial charge in [-0.15, -0.1) is 0 Å². The summed E-state index contributed by atoms with van der Waals surface area (Å²) in [5.41, 5.74) is 1.60. The molecule has 0 saturated carbocycles. The number of rotatable bonds is 4. The molecule has 0 aliphatic rings. The Morgan fingerprint density at radius 1 is 1.10 bits per heavy atom. The Morgan fingerprint density at radius 3 is 2.35 bits per heavy atom. The first-order valence-corrected chi connectivity index (χ1v) is 6.21. The molecule has 4 nitrogen and oxygen atoms in total. The molecule has 2 rings (SSSR count). The van der Waals surface area contributed by atoms with Crippen molar-refractivity contribution < 1.29 is 14.0 Å². The van der Waals surface area contributed by atoms with Crippen LogP contribution in [0.5, 0.6) is 0 Å². The van der Waals surface area contributed by atoms with E-state index in [1.807, 2.05) is 12.1 Å². The fourth-order valence-electron chi connectivity index (χ4n) is 1.70. The molecule has 102 valence electrons. The molecular formula is C16H15NO3. The van der Waals surface area contributed by atoms with E-state index in [0.717, 1.165) is 11.3 Å². The van der Waals surface area contributed by atoms with E-state index in [0.29, 0.717) is 11.5 Å². The number of ketones is 1. The van der Waals surface area contributed by atoms with Crippen molar-refractivity contribution in [2.24, 2.45) is 0 Å². The van der Waals surface area contributed by atoms with E-state index in [4.69, 9.17) is 4.42 Å². The lowest BCUT2D eigenvalue weighted by Gasteiger charge is -2.01. The molecule has 0 aliphatic carbocycles. The molecule has 0 aliphatic heterocycles. The van der Waals surface area contributed by atoms with Crippen molar-refractivity contribution >= 4 is 23.5 Å². The van der Waals surface area contributed by atoms with E-state index in [2.05, 4.69) is 5.32 Å². The largest absolute Gasteiger partial charge is 0.458 e. The molecule has 0 unspecified atom stereocenters. The Hall–Kier alpha value is -2.62. The van der Waals surface area contributed by atoms with Crippen molar-refractivity contribution in [3.05, 3.63) is 59.6 Å². The SMILES string of the molecule is CC(=O)Nc1ccc(/C=C/C(=O)c2ccc(C)o2)cc1. The summed E-state index contributed by atoms with van der Waals surface area (Å²) in [5, 5.41) is 2.68. The van der Waals surface area contributed by atoms with Gasteiger partial charge in [0.2, 0.25) is 11.7 Å². The van der Waals surface area contributed by atoms with Gasteiger partial charge in [0.15, 0.2) is 5.76 Å². The van der Waals surface area contributed by atoms with E-state index < -0.39 is 0 Å². The molecule has 0 fully saturated rings. The second-order valence-corrected chi connectivity index (χ2v) is 4.41. The maximum absolute atomic E-state index is 11.8. The van der Waals surface area contributed by atoms with E-state index in [-0.39, 0.29) is 11.7 Å². The van der Waals surface area contributed by atoms with Gasteiger partial charge in [0.05, 0.1) is 0 Å². The Kier molecular flexibility index (Phi) is 4.15. The summed E-state index contributed by atoms with van der Waals surface area (Å²) in [6.45, 7) is 3.25. The lowest BCUT2D eigenvalue weighted by molar-refractivity contribution is -0.114. The molecule has 0 bridgehead atoms. The summed E-state index contributed by atoms with van der Waals surface area (Å²) in [4.78, 5) is 22.7. The average molecular weight is 269 g/mol. The van der Waals surface area contributed by atoms with Crippen LogP contribution in [0.4, 0.5) is 5.69 Å². The van der Waals surface area contributed by atoms with Crippen molar-refractivity contribution in [1.29, 1.82) is 0 Å². The van der Waals surface area contributed by atoms with Gasteiger partial charge in [-0.3, -0.25) is 9.59 Å². The Bertz CT molecular complexity index is 651. The summed E-state index contributed by atoms with van der Waals surface area (Å²) in [7, 11) is 0. The maximum Gasteiger partial charge on any atom is 0.221 e. The third-order valence-corrected chi connectivity index (χ3v) is 2.64. The topological polar surface area (TPSA) is 59.3 Å². The zero-order valence-corrected chi connectivity index (χ0v) is 11.3. The summed E-state index contributed by atoms with van der Waals surface area (Å²) in [6, 6.07) is 10.6. The number of aryl methyl sites for hydroxylation is 1. The summed E-state index contributed by atoms with van der Waals surface area (Å²) in [5.74, 6) is 0.746. The second kappa shape index (κ2) is 6.02. The molecule has 0 radical (unpaired) electrons. The molecule has 2 aromatic rings. The molecule has 1 aromatic heterocycles. The van der Waals surface area contributed by atoms with Gasteiger partial charge >= 0.3 is 0 Å². The predicted octanol–water partition coefficient (Wildman–Crippen LogP) is 3.44. The zero-order chi connectivity index (χ0) is 14.5. The number of nitrogens with one attached hydrogen (secondary N) is 1. The van der Waals surface area contributed by atoms with Gasteiger partial charge in [-0.2, -0.15) is 0 Å². The second-order valence-electron chi connectivity index (χ2n) is 4.41. The highest BCUT2D eigenvalue weighted by molar-refractivity contribution is 6.04. The van der Waals surface area contributed by atoms with E-state index in [9.17, 15) is 9.59 Å². The minimum Gasteiger partial charge on any atom is -0.458 e. The Morgan fingerprint density at radius 2 is 1.80 bits per heavy atom. The Labute approximate surface area is 117 Å². The molecule has 0 atom stereocenters. The van der Waals surface area contributed by atoms with Crippen LogP contribution in [0.3, 0.4) is 0 Å². The molecule has 1 N–H and O–H groups in total. The van der Waals surface area contributed by atoms with Gasteiger partial charge in [-0.25, -0.2) is 0 Å². The monoisotopic (exact) mass is 269 g/mol. The third kappa shape index (κ3) is 3.68. The van der Waals surface area contributed by atoms with Gasteiger partial charge in [0.25, 0.3) is 0 Å². The number of carbonyl (C=O) groups is 2. The van der Waals surface area contributed by atoms with Crippen LogP contribution in [0, 0.1) is 6.92 Å². The third-order valence-electron chi connectivity index (χ3n) is 2.64. The highest BCUT2D eigenvalue weighted by Crippen LogP contribution is 2.12. The van der Waals surface area contributed by atoms with E-state index >= 15 is 0 Å². The molecule has 0 spiro atoms. The lowest BCUT2D eigenvalue weighted by Crippen LogP contribution is -2.05. The van der Waals surface area contributed by atoms with Crippen LogP contribution in [-0.2, 0) is 4.79 Å². The molecule has 1 amide bonds. The quantitative estimate of drug-likeness (QED) is 0.683. The standard InChI is InChI=1S/C16H15NO3/c1-11-3-10-16(20-11)15(19)9-6-13-4-7-14(8-5-13)17-12(2)18/h3-10H,1-2H3,(H,17,18)/b9-6+. The van der Waals surface area contributed by atoms with Crippen LogP contribution < -0.4 is 5.32 Å². The molecule has 1 aromatic carbocycles. The van der Waals surface area contributed by atoms with Crippen molar-refractivity contribution in [2.75, 3.05) is 5.32 Å². The fraction of sp³-hybridized carbons (Fsp3) is 0.125. The first-order chi connectivity index (χ1) is 9.54. The van der Waals surface area contributed by atoms with Crippen molar-refractivity contribution in [3.63, 3.8) is 0 Å². The number of furan rings is 1. The van der Waals surface area contributed by atoms with Gasteiger partial charge in [0.1, 0.15) is 5.76 Å². The summed E-state index contributed by atoms with van der Waals surface area (Å²) in [6.07, 6.45) is 3.17. The summed E-state index contributed by atoms with van der Waals surface area (Å²) >= 11 is 0. The zero-order valence-electron chi connectivity index (χ0n) is 11.3. The molecule has 0 saturated heterocycles. The fourth-order valence-corrected chi connectivity index (χ4v) is 1.70. The highest BCUT2D eigenvalue weighted by atomic mass is 16.3. The maximum atomic E-state index is 11.8. The minimum atomic E-state index is -0.177. The van der Waals surface area contributed by atoms with Crippen molar-refractivity contribution in [3.8, 4) is 0 Å². The average Bonchev–Trinajstić information content (AvgIpc) is 2.84. The van der Waals surface area contributed by atoms with Crippen LogP contribution in [0.15, 0.2) is 46.9 Å². The number of allylic oxidation sites excluding steroid dienone is 1. The first kappa shape index (κ1) is 13.8. The summed E-state index contributed by atoms with van der Waals surface area (Å²) < 4.78 is 5.25. The van der Waals surface area contributed by atoms with Crippen LogP contribution in [0.25, 0.3) is 6.08 Å². The smallest absolute Gasteiger partial charge is 0.221 e. The van der Waals surface area contributed by atoms with Gasteiger partial charge in [-0.05, 0) is 42.8 Å². The molecule has 1 heterocycles. The number of amides is 1. The number of carbonyl (C=O) groups excluding carboxylic acids is 2. The van der Waals surface area contributed by atoms with Gasteiger partial charge in [-0.1, -0.05) is 18.2 Å². The Balaban J connectivity index is 2.04. The lowest BCUT2D eigenvalue weighted by atomic mass is 10.1. The van der Waals surface area contributed by atoms with Crippen LogP contribution in [0.2, 0.25) is 0 Å². The van der Waals surface area contributed by atoms with Crippen LogP contribution in [0.1, 0.15) is 28.8 Å². The van der Waals surface area contributed by atoms with Crippen molar-refractivity contribution in [2.45, 2.75) is 13.8 Å². The molecule has 20 heavy (non-hydrogen) atoms. The normalized spacial score (nSPS) is 10.7. The van der Waals surface area contributed by atoms with E-state index in [1.54, 1.807) is 37.3 Å². The molecular weight excluding hydrogens is 254 g/mol. The van der Waals surface area contributed by atoms with Gasteiger partial charge < -0.3 is 9.73 Å². The molecule has 4 heteroatoms. The highest BCUT2D eigenvalue weighted by Gasteiger charge is 2.05. The van der Waals surface area contributed by atoms with Crippen molar-refractivity contribution in [1.82, 2.24) is 0 Å². The number of anilines is 1. The number of benzene rings is 1. The predicted molar refractivity (Wildman–Crippen MR) is 77.6 cm³/mol. The van der Waals surface area contributed by atoms with Crippen LogP contribution in [-0.4, -0.2) is 11.7 Å². The number of hydrogen-bond donors (Lipinski definition) is 1. The minimum absolute atomic E-state index is 0.114. The number of hydrogen-bond acceptors (Lipinski definition) is 3. The van der Waals surface area contributed by atoms with Gasteiger partial charge in [0, 0.05) is 12.6 Å². The van der Waals surface area contributed by atoms with Crippen LogP contribution >= 0.6 is 0 Å². The van der Waals surface area contributed by atoms with E-state index in [1.165, 1.54) is 13.0 Å². The first-order valence-electron chi connectivity index (χ1n) is 6.21.